The van der Waals surface area contributed by atoms with Gasteiger partial charge < -0.3 is 28.8 Å². The quantitative estimate of drug-likeness (QED) is 0.233. The third-order valence-electron chi connectivity index (χ3n) is 9.09. The van der Waals surface area contributed by atoms with Crippen molar-refractivity contribution in [3.8, 4) is 46.0 Å². The molecule has 3 aliphatic rings. The van der Waals surface area contributed by atoms with E-state index in [9.17, 15) is 5.11 Å². The molecule has 0 fully saturated rings. The predicted octanol–water partition coefficient (Wildman–Crippen LogP) is 6.02. The number of aromatic nitrogens is 1. The van der Waals surface area contributed by atoms with E-state index in [0.717, 1.165) is 47.3 Å². The molecular weight excluding hydrogens is 568 g/mol. The summed E-state index contributed by atoms with van der Waals surface area (Å²) in [6, 6.07) is 22.1. The van der Waals surface area contributed by atoms with Crippen LogP contribution in [0.5, 0.6) is 46.0 Å². The fourth-order valence-electron chi connectivity index (χ4n) is 6.58. The highest BCUT2D eigenvalue weighted by Crippen LogP contribution is 2.48. The van der Waals surface area contributed by atoms with E-state index in [4.69, 9.17) is 23.7 Å². The van der Waals surface area contributed by atoms with Gasteiger partial charge in [0.1, 0.15) is 24.3 Å². The number of hydrogen-bond donors (Lipinski definition) is 0. The second kappa shape index (κ2) is 11.5. The summed E-state index contributed by atoms with van der Waals surface area (Å²) in [7, 11) is 8.90. The first kappa shape index (κ1) is 28.8. The second-order valence-electron chi connectivity index (χ2n) is 11.7. The van der Waals surface area contributed by atoms with Crippen LogP contribution in [-0.4, -0.2) is 39.8 Å². The largest absolute Gasteiger partial charge is 0.867 e. The Hall–Kier alpha value is -4.95. The molecular formula is C37H36N2O6. The van der Waals surface area contributed by atoms with Gasteiger partial charge in [-0.05, 0) is 90.4 Å². The van der Waals surface area contributed by atoms with E-state index in [2.05, 4.69) is 36.2 Å². The zero-order valence-electron chi connectivity index (χ0n) is 26.2. The molecule has 0 amide bonds. The molecule has 45 heavy (non-hydrogen) atoms. The SMILES string of the molecule is COc1ccc2cc1Oc1ccc(cc1)CC1c3cc(c(OC)cc3CCN1C)Oc1c([O-])c(OC)cc3cc[n+](C)c(c13)C2. The highest BCUT2D eigenvalue weighted by atomic mass is 16.5. The molecule has 1 unspecified atom stereocenters. The molecule has 8 nitrogen and oxygen atoms in total. The molecule has 4 aromatic carbocycles. The Morgan fingerprint density at radius 3 is 2.31 bits per heavy atom. The van der Waals surface area contributed by atoms with Gasteiger partial charge in [-0.2, -0.15) is 0 Å². The topological polar surface area (TPSA) is 76.3 Å². The van der Waals surface area contributed by atoms with Crippen molar-refractivity contribution in [2.24, 2.45) is 7.05 Å². The van der Waals surface area contributed by atoms with Gasteiger partial charge in [-0.25, -0.2) is 4.57 Å². The maximum atomic E-state index is 14.0. The van der Waals surface area contributed by atoms with Gasteiger partial charge in [0.2, 0.25) is 0 Å². The summed E-state index contributed by atoms with van der Waals surface area (Å²) in [5.41, 5.74) is 5.44. The molecule has 4 heterocycles. The van der Waals surface area contributed by atoms with Crippen LogP contribution in [0.4, 0.5) is 0 Å². The number of ether oxygens (including phenoxy) is 5. The lowest BCUT2D eigenvalue weighted by Crippen LogP contribution is -2.33. The third kappa shape index (κ3) is 5.15. The first-order chi connectivity index (χ1) is 21.9. The zero-order valence-corrected chi connectivity index (χ0v) is 26.2. The lowest BCUT2D eigenvalue weighted by molar-refractivity contribution is -0.677. The number of pyridine rings is 1. The number of fused-ring (bicyclic) bond motifs is 2. The van der Waals surface area contributed by atoms with Crippen molar-refractivity contribution in [2.75, 3.05) is 34.9 Å². The Morgan fingerprint density at radius 1 is 0.822 bits per heavy atom. The maximum absolute atomic E-state index is 14.0. The molecule has 3 aliphatic heterocycles. The van der Waals surface area contributed by atoms with Gasteiger partial charge in [0.05, 0.1) is 33.1 Å². The number of rotatable bonds is 3. The second-order valence-corrected chi connectivity index (χ2v) is 11.7. The highest BCUT2D eigenvalue weighted by Gasteiger charge is 2.29. The molecule has 6 bridgehead atoms. The fraction of sp³-hybridized carbons (Fsp3) is 0.270. The summed E-state index contributed by atoms with van der Waals surface area (Å²) in [6.07, 6.45) is 4.17. The number of benzene rings is 4. The van der Waals surface area contributed by atoms with Crippen LogP contribution in [0.15, 0.2) is 72.9 Å². The van der Waals surface area contributed by atoms with Crippen molar-refractivity contribution in [1.29, 1.82) is 0 Å². The molecule has 0 aliphatic carbocycles. The molecule has 0 radical (unpaired) electrons. The Labute approximate surface area is 262 Å². The van der Waals surface area contributed by atoms with Crippen molar-refractivity contribution < 1.29 is 33.4 Å². The molecule has 8 heteroatoms. The molecule has 230 valence electrons. The van der Waals surface area contributed by atoms with E-state index >= 15 is 0 Å². The Bertz CT molecular complexity index is 1920. The molecule has 0 saturated carbocycles. The Kier molecular flexibility index (Phi) is 7.37. The molecule has 5 aromatic rings. The zero-order chi connectivity index (χ0) is 31.2. The number of aryl methyl sites for hydroxylation is 1. The molecule has 0 N–H and O–H groups in total. The summed E-state index contributed by atoms with van der Waals surface area (Å²) in [6.45, 7) is 0.920. The summed E-state index contributed by atoms with van der Waals surface area (Å²) >= 11 is 0. The van der Waals surface area contributed by atoms with Gasteiger partial charge in [-0.1, -0.05) is 18.2 Å². The summed E-state index contributed by atoms with van der Waals surface area (Å²) < 4.78 is 32.2. The summed E-state index contributed by atoms with van der Waals surface area (Å²) in [5.74, 6) is 3.17. The number of methoxy groups -OCH3 is 3. The van der Waals surface area contributed by atoms with Gasteiger partial charge in [-0.3, -0.25) is 4.90 Å². The Balaban J connectivity index is 1.50. The monoisotopic (exact) mass is 604 g/mol. The van der Waals surface area contributed by atoms with Crippen LogP contribution >= 0.6 is 0 Å². The van der Waals surface area contributed by atoms with E-state index in [0.29, 0.717) is 34.8 Å². The lowest BCUT2D eigenvalue weighted by atomic mass is 9.88. The van der Waals surface area contributed by atoms with Gasteiger partial charge in [0.25, 0.3) is 0 Å². The van der Waals surface area contributed by atoms with E-state index in [-0.39, 0.29) is 23.3 Å². The molecule has 0 spiro atoms. The van der Waals surface area contributed by atoms with Gasteiger partial charge >= 0.3 is 0 Å². The minimum absolute atomic E-state index is 0.103. The number of nitrogens with zero attached hydrogens (tertiary/aromatic N) is 2. The van der Waals surface area contributed by atoms with Gasteiger partial charge in [0, 0.05) is 24.0 Å². The van der Waals surface area contributed by atoms with E-state index in [1.807, 2.05) is 54.2 Å². The summed E-state index contributed by atoms with van der Waals surface area (Å²) in [4.78, 5) is 2.37. The minimum atomic E-state index is -0.321. The normalized spacial score (nSPS) is 15.9. The van der Waals surface area contributed by atoms with Crippen LogP contribution in [0, 0.1) is 0 Å². The van der Waals surface area contributed by atoms with Crippen LogP contribution in [0.1, 0.15) is 34.0 Å². The number of hydrogen-bond acceptors (Lipinski definition) is 7. The van der Waals surface area contributed by atoms with Crippen molar-refractivity contribution >= 4 is 10.8 Å². The number of likely N-dealkylation sites (N-methyl/N-ethyl adjacent to an activating group) is 1. The average molecular weight is 605 g/mol. The molecule has 1 aromatic heterocycles. The molecule has 8 rings (SSSR count). The standard InChI is InChI=1S/C37H36N2O6/c1-38-14-12-24-19-31(42-4)33-21-27(24)28(38)16-22-6-9-26(10-7-22)44-32-18-23(8-11-30(32)41-3)17-29-35-25(13-15-39(29)2)20-34(43-5)36(40)37(35)45-33/h6-11,13,15,18-21,28H,12,14,16-17H2,1-5H3. The Morgan fingerprint density at radius 2 is 1.56 bits per heavy atom. The molecule has 0 saturated heterocycles. The van der Waals surface area contributed by atoms with E-state index in [1.165, 1.54) is 18.2 Å². The van der Waals surface area contributed by atoms with E-state index < -0.39 is 0 Å². The van der Waals surface area contributed by atoms with Crippen molar-refractivity contribution in [3.63, 3.8) is 0 Å². The fourth-order valence-corrected chi connectivity index (χ4v) is 6.58. The minimum Gasteiger partial charge on any atom is -0.867 e. The van der Waals surface area contributed by atoms with Crippen LogP contribution in [0.25, 0.3) is 10.8 Å². The van der Waals surface area contributed by atoms with Gasteiger partial charge in [-0.15, -0.1) is 0 Å². The average Bonchev–Trinajstić information content (AvgIpc) is 3.05. The van der Waals surface area contributed by atoms with Crippen molar-refractivity contribution in [1.82, 2.24) is 4.90 Å². The smallest absolute Gasteiger partial charge is 0.197 e. The van der Waals surface area contributed by atoms with Gasteiger partial charge in [0.15, 0.2) is 34.9 Å². The van der Waals surface area contributed by atoms with E-state index in [1.54, 1.807) is 20.3 Å². The van der Waals surface area contributed by atoms with Crippen LogP contribution in [0.3, 0.4) is 0 Å². The lowest BCUT2D eigenvalue weighted by Gasteiger charge is -2.35. The highest BCUT2D eigenvalue weighted by molar-refractivity contribution is 5.94. The predicted molar refractivity (Wildman–Crippen MR) is 169 cm³/mol. The van der Waals surface area contributed by atoms with Crippen LogP contribution in [-0.2, 0) is 26.3 Å². The van der Waals surface area contributed by atoms with Crippen molar-refractivity contribution in [2.45, 2.75) is 25.3 Å². The molecule has 1 atom stereocenters. The first-order valence-corrected chi connectivity index (χ1v) is 15.1. The third-order valence-corrected chi connectivity index (χ3v) is 9.09. The van der Waals surface area contributed by atoms with Crippen molar-refractivity contribution in [3.05, 3.63) is 101 Å². The maximum Gasteiger partial charge on any atom is 0.197 e. The summed E-state index contributed by atoms with van der Waals surface area (Å²) in [5, 5.41) is 15.5. The first-order valence-electron chi connectivity index (χ1n) is 15.1. The van der Waals surface area contributed by atoms with Crippen LogP contribution < -0.4 is 33.4 Å². The van der Waals surface area contributed by atoms with Crippen LogP contribution in [0.2, 0.25) is 0 Å².